The zero-order chi connectivity index (χ0) is 13.5. The van der Waals surface area contributed by atoms with E-state index in [9.17, 15) is 0 Å². The number of aromatic nitrogens is 2. The average Bonchev–Trinajstić information content (AvgIpc) is 2.37. The van der Waals surface area contributed by atoms with Crippen LogP contribution in [0.3, 0.4) is 0 Å². The second-order valence-corrected chi connectivity index (χ2v) is 4.85. The summed E-state index contributed by atoms with van der Waals surface area (Å²) < 4.78 is 5.73. The van der Waals surface area contributed by atoms with Gasteiger partial charge in [0.25, 0.3) is 0 Å². The van der Waals surface area contributed by atoms with E-state index in [1.54, 1.807) is 0 Å². The summed E-state index contributed by atoms with van der Waals surface area (Å²) in [5.74, 6) is 1.24. The molecule has 0 aliphatic carbocycles. The topological polar surface area (TPSA) is 61.0 Å². The Morgan fingerprint density at radius 2 is 1.83 bits per heavy atom. The molecule has 0 bridgehead atoms. The molecular weight excluding hydrogens is 226 g/mol. The molecule has 0 aliphatic rings. The van der Waals surface area contributed by atoms with Crippen molar-refractivity contribution in [2.75, 3.05) is 6.61 Å². The molecule has 0 amide bonds. The third-order valence-corrected chi connectivity index (χ3v) is 3.06. The maximum Gasteiger partial charge on any atom is 0.238 e. The van der Waals surface area contributed by atoms with Gasteiger partial charge >= 0.3 is 0 Å². The van der Waals surface area contributed by atoms with Gasteiger partial charge in [0.15, 0.2) is 0 Å². The number of rotatable bonds is 7. The Hall–Kier alpha value is -1.16. The van der Waals surface area contributed by atoms with Crippen molar-refractivity contribution >= 4 is 0 Å². The molecule has 0 unspecified atom stereocenters. The van der Waals surface area contributed by atoms with Crippen LogP contribution in [0.25, 0.3) is 0 Å². The lowest BCUT2D eigenvalue weighted by atomic mass is 10.0. The molecule has 0 saturated carbocycles. The Balaban J connectivity index is 2.91. The molecular formula is C14H25N3O. The van der Waals surface area contributed by atoms with Gasteiger partial charge in [0, 0.05) is 12.1 Å². The maximum absolute atomic E-state index is 5.83. The van der Waals surface area contributed by atoms with Crippen LogP contribution >= 0.6 is 0 Å². The Morgan fingerprint density at radius 1 is 1.11 bits per heavy atom. The van der Waals surface area contributed by atoms with Crippen molar-refractivity contribution < 1.29 is 4.74 Å². The summed E-state index contributed by atoms with van der Waals surface area (Å²) in [5.41, 5.74) is 9.10. The summed E-state index contributed by atoms with van der Waals surface area (Å²) >= 11 is 0. The van der Waals surface area contributed by atoms with E-state index in [0.29, 0.717) is 24.9 Å². The van der Waals surface area contributed by atoms with E-state index in [1.807, 2.05) is 0 Å². The van der Waals surface area contributed by atoms with Gasteiger partial charge in [-0.1, -0.05) is 27.7 Å². The van der Waals surface area contributed by atoms with E-state index >= 15 is 0 Å². The Morgan fingerprint density at radius 3 is 2.33 bits per heavy atom. The lowest BCUT2D eigenvalue weighted by Crippen LogP contribution is -2.13. The van der Waals surface area contributed by atoms with Crippen molar-refractivity contribution in [2.45, 2.75) is 53.5 Å². The molecule has 1 heterocycles. The van der Waals surface area contributed by atoms with Crippen LogP contribution in [-0.4, -0.2) is 16.8 Å². The van der Waals surface area contributed by atoms with Crippen LogP contribution in [0.4, 0.5) is 0 Å². The van der Waals surface area contributed by atoms with Crippen LogP contribution in [-0.2, 0) is 19.4 Å². The average molecular weight is 251 g/mol. The molecule has 18 heavy (non-hydrogen) atoms. The maximum atomic E-state index is 5.83. The molecule has 4 heteroatoms. The van der Waals surface area contributed by atoms with Crippen LogP contribution in [0, 0.1) is 5.92 Å². The highest BCUT2D eigenvalue weighted by Crippen LogP contribution is 2.22. The van der Waals surface area contributed by atoms with Crippen LogP contribution in [0.5, 0.6) is 5.88 Å². The largest absolute Gasteiger partial charge is 0.476 e. The van der Waals surface area contributed by atoms with Gasteiger partial charge in [0.05, 0.1) is 12.3 Å². The van der Waals surface area contributed by atoms with E-state index in [1.165, 1.54) is 5.56 Å². The fourth-order valence-electron chi connectivity index (χ4n) is 1.95. The lowest BCUT2D eigenvalue weighted by molar-refractivity contribution is 0.272. The highest BCUT2D eigenvalue weighted by atomic mass is 16.5. The summed E-state index contributed by atoms with van der Waals surface area (Å²) in [4.78, 5) is 0. The SMILES string of the molecule is CCc1nnc(OCCC(C)C)c(CN)c1CC. The quantitative estimate of drug-likeness (QED) is 0.808. The van der Waals surface area contributed by atoms with Gasteiger partial charge in [-0.15, -0.1) is 5.10 Å². The molecule has 0 atom stereocenters. The first kappa shape index (κ1) is 14.9. The first-order valence-corrected chi connectivity index (χ1v) is 6.84. The summed E-state index contributed by atoms with van der Waals surface area (Å²) in [6.07, 6.45) is 2.82. The first-order valence-electron chi connectivity index (χ1n) is 6.84. The molecule has 1 aromatic rings. The molecule has 0 spiro atoms. The van der Waals surface area contributed by atoms with Crippen LogP contribution in [0.2, 0.25) is 0 Å². The fourth-order valence-corrected chi connectivity index (χ4v) is 1.95. The normalized spacial score (nSPS) is 11.0. The smallest absolute Gasteiger partial charge is 0.238 e. The van der Waals surface area contributed by atoms with Crippen molar-refractivity contribution in [1.82, 2.24) is 10.2 Å². The van der Waals surface area contributed by atoms with Crippen molar-refractivity contribution in [3.8, 4) is 5.88 Å². The van der Waals surface area contributed by atoms with E-state index in [4.69, 9.17) is 10.5 Å². The van der Waals surface area contributed by atoms with Crippen LogP contribution < -0.4 is 10.5 Å². The zero-order valence-electron chi connectivity index (χ0n) is 12.0. The van der Waals surface area contributed by atoms with Crippen LogP contribution in [0.1, 0.15) is 50.9 Å². The number of hydrogen-bond acceptors (Lipinski definition) is 4. The minimum Gasteiger partial charge on any atom is -0.476 e. The highest BCUT2D eigenvalue weighted by molar-refractivity contribution is 5.36. The monoisotopic (exact) mass is 251 g/mol. The Kier molecular flexibility index (Phi) is 6.05. The summed E-state index contributed by atoms with van der Waals surface area (Å²) in [5, 5.41) is 8.42. The zero-order valence-corrected chi connectivity index (χ0v) is 12.0. The Bertz CT molecular complexity index is 378. The van der Waals surface area contributed by atoms with Gasteiger partial charge in [-0.05, 0) is 30.7 Å². The van der Waals surface area contributed by atoms with Crippen molar-refractivity contribution in [1.29, 1.82) is 0 Å². The number of hydrogen-bond donors (Lipinski definition) is 1. The van der Waals surface area contributed by atoms with Gasteiger partial charge in [0.2, 0.25) is 5.88 Å². The molecule has 0 radical (unpaired) electrons. The number of nitrogens with two attached hydrogens (primary N) is 1. The van der Waals surface area contributed by atoms with Gasteiger partial charge in [-0.25, -0.2) is 0 Å². The second-order valence-electron chi connectivity index (χ2n) is 4.85. The van der Waals surface area contributed by atoms with Crippen LogP contribution in [0.15, 0.2) is 0 Å². The molecule has 1 rings (SSSR count). The predicted molar refractivity (Wildman–Crippen MR) is 73.6 cm³/mol. The third-order valence-electron chi connectivity index (χ3n) is 3.06. The second kappa shape index (κ2) is 7.31. The molecule has 102 valence electrons. The minimum atomic E-state index is 0.461. The van der Waals surface area contributed by atoms with Crippen molar-refractivity contribution in [3.05, 3.63) is 16.8 Å². The van der Waals surface area contributed by atoms with Gasteiger partial charge < -0.3 is 10.5 Å². The van der Waals surface area contributed by atoms with Gasteiger partial charge in [-0.2, -0.15) is 5.10 Å². The Labute approximate surface area is 110 Å². The number of nitrogens with zero attached hydrogens (tertiary/aromatic N) is 2. The molecule has 4 nitrogen and oxygen atoms in total. The first-order chi connectivity index (χ1) is 8.63. The predicted octanol–water partition coefficient (Wildman–Crippen LogP) is 2.49. The highest BCUT2D eigenvalue weighted by Gasteiger charge is 2.14. The van der Waals surface area contributed by atoms with Crippen molar-refractivity contribution in [2.24, 2.45) is 11.7 Å². The van der Waals surface area contributed by atoms with E-state index in [2.05, 4.69) is 37.9 Å². The minimum absolute atomic E-state index is 0.461. The van der Waals surface area contributed by atoms with E-state index in [-0.39, 0.29) is 0 Å². The summed E-state index contributed by atoms with van der Waals surface area (Å²) in [6, 6.07) is 0. The molecule has 0 fully saturated rings. The summed E-state index contributed by atoms with van der Waals surface area (Å²) in [7, 11) is 0. The van der Waals surface area contributed by atoms with E-state index in [0.717, 1.165) is 30.5 Å². The van der Waals surface area contributed by atoms with Gasteiger partial charge in [0.1, 0.15) is 0 Å². The summed E-state index contributed by atoms with van der Waals surface area (Å²) in [6.45, 7) is 9.69. The molecule has 0 aromatic carbocycles. The standard InChI is InChI=1S/C14H25N3O/c1-5-11-12(9-15)14(17-16-13(11)6-2)18-8-7-10(3)4/h10H,5-9,15H2,1-4H3. The molecule has 2 N–H and O–H groups in total. The van der Waals surface area contributed by atoms with Gasteiger partial charge in [-0.3, -0.25) is 0 Å². The molecule has 0 aliphatic heterocycles. The third kappa shape index (κ3) is 3.67. The van der Waals surface area contributed by atoms with Crippen molar-refractivity contribution in [3.63, 3.8) is 0 Å². The molecule has 1 aromatic heterocycles. The molecule has 0 saturated heterocycles. The number of ether oxygens (including phenoxy) is 1. The number of aryl methyl sites for hydroxylation is 1. The lowest BCUT2D eigenvalue weighted by Gasteiger charge is -2.15. The van der Waals surface area contributed by atoms with E-state index < -0.39 is 0 Å². The fraction of sp³-hybridized carbons (Fsp3) is 0.714.